The van der Waals surface area contributed by atoms with Crippen molar-refractivity contribution in [2.45, 2.75) is 6.18 Å². The first-order valence-electron chi connectivity index (χ1n) is 5.88. The number of nitrogens with one attached hydrogen (secondary N) is 1. The van der Waals surface area contributed by atoms with E-state index in [-0.39, 0.29) is 5.69 Å². The minimum atomic E-state index is -4.42. The van der Waals surface area contributed by atoms with Gasteiger partial charge in [-0.25, -0.2) is 0 Å². The number of nitrogens with two attached hydrogens (primary N) is 1. The van der Waals surface area contributed by atoms with Crippen LogP contribution in [0.2, 0.25) is 5.02 Å². The fourth-order valence-electron chi connectivity index (χ4n) is 1.75. The molecular formula is C14H12ClF3N2O. The normalized spacial score (nSPS) is 11.3. The Balaban J connectivity index is 2.26. The Hall–Kier alpha value is -2.08. The summed E-state index contributed by atoms with van der Waals surface area (Å²) in [5.74, 6) is 0.502. The average molecular weight is 317 g/mol. The van der Waals surface area contributed by atoms with Crippen LogP contribution >= 0.6 is 11.6 Å². The number of ether oxygens (including phenoxy) is 1. The second kappa shape index (κ2) is 5.73. The zero-order valence-electron chi connectivity index (χ0n) is 11.0. The van der Waals surface area contributed by atoms with Gasteiger partial charge in [0.1, 0.15) is 5.75 Å². The molecule has 0 atom stereocenters. The molecule has 21 heavy (non-hydrogen) atoms. The lowest BCUT2D eigenvalue weighted by molar-refractivity contribution is -0.137. The van der Waals surface area contributed by atoms with Gasteiger partial charge in [-0.3, -0.25) is 0 Å². The van der Waals surface area contributed by atoms with Gasteiger partial charge in [0.25, 0.3) is 0 Å². The maximum Gasteiger partial charge on any atom is 0.416 e. The lowest BCUT2D eigenvalue weighted by atomic mass is 10.1. The van der Waals surface area contributed by atoms with Crippen LogP contribution in [0.1, 0.15) is 5.56 Å². The summed E-state index contributed by atoms with van der Waals surface area (Å²) in [7, 11) is 1.49. The molecule has 0 heterocycles. The van der Waals surface area contributed by atoms with Crippen molar-refractivity contribution in [2.24, 2.45) is 0 Å². The van der Waals surface area contributed by atoms with Crippen molar-refractivity contribution < 1.29 is 17.9 Å². The topological polar surface area (TPSA) is 47.3 Å². The number of nitrogen functional groups attached to an aromatic ring is 1. The molecule has 2 aromatic carbocycles. The number of hydrogen-bond donors (Lipinski definition) is 2. The zero-order chi connectivity index (χ0) is 15.6. The summed E-state index contributed by atoms with van der Waals surface area (Å²) in [5.41, 5.74) is 5.80. The van der Waals surface area contributed by atoms with E-state index in [2.05, 4.69) is 5.32 Å². The van der Waals surface area contributed by atoms with Gasteiger partial charge in [0.2, 0.25) is 0 Å². The third kappa shape index (κ3) is 3.52. The number of rotatable bonds is 3. The number of anilines is 3. The molecule has 7 heteroatoms. The summed E-state index contributed by atoms with van der Waals surface area (Å²) < 4.78 is 42.7. The first-order chi connectivity index (χ1) is 9.81. The van der Waals surface area contributed by atoms with Crippen molar-refractivity contribution in [3.63, 3.8) is 0 Å². The molecule has 0 spiro atoms. The molecule has 0 radical (unpaired) electrons. The molecule has 0 saturated carbocycles. The van der Waals surface area contributed by atoms with E-state index in [0.717, 1.165) is 12.1 Å². The standard InChI is InChI=1S/C14H12ClF3N2O/c1-21-13-5-3-9(7-10(13)15)20-12-4-2-8(6-11(12)19)14(16,17)18/h2-7,20H,19H2,1H3. The van der Waals surface area contributed by atoms with Crippen molar-refractivity contribution in [2.75, 3.05) is 18.2 Å². The van der Waals surface area contributed by atoms with Gasteiger partial charge >= 0.3 is 6.18 Å². The Morgan fingerprint density at radius 3 is 2.38 bits per heavy atom. The zero-order valence-corrected chi connectivity index (χ0v) is 11.7. The molecule has 112 valence electrons. The van der Waals surface area contributed by atoms with Crippen molar-refractivity contribution in [1.82, 2.24) is 0 Å². The first kappa shape index (κ1) is 15.3. The third-order valence-electron chi connectivity index (χ3n) is 2.81. The summed E-state index contributed by atoms with van der Waals surface area (Å²) in [5, 5.41) is 3.29. The number of benzene rings is 2. The lowest BCUT2D eigenvalue weighted by Crippen LogP contribution is -2.06. The van der Waals surface area contributed by atoms with Gasteiger partial charge in [-0.2, -0.15) is 13.2 Å². The molecule has 0 aliphatic heterocycles. The Bertz CT molecular complexity index is 659. The molecule has 0 amide bonds. The number of methoxy groups -OCH3 is 1. The van der Waals surface area contributed by atoms with Gasteiger partial charge in [0, 0.05) is 5.69 Å². The molecular weight excluding hydrogens is 305 g/mol. The molecule has 2 aromatic rings. The molecule has 0 saturated heterocycles. The molecule has 0 aliphatic rings. The Labute approximate surface area is 124 Å². The van der Waals surface area contributed by atoms with Crippen molar-refractivity contribution in [3.05, 3.63) is 47.0 Å². The van der Waals surface area contributed by atoms with E-state index < -0.39 is 11.7 Å². The van der Waals surface area contributed by atoms with Gasteiger partial charge in [0.15, 0.2) is 0 Å². The summed E-state index contributed by atoms with van der Waals surface area (Å²) in [6.45, 7) is 0. The van der Waals surface area contributed by atoms with E-state index in [1.54, 1.807) is 18.2 Å². The van der Waals surface area contributed by atoms with E-state index in [1.165, 1.54) is 13.2 Å². The number of halogens is 4. The molecule has 3 nitrogen and oxygen atoms in total. The van der Waals surface area contributed by atoms with Crippen LogP contribution in [0.15, 0.2) is 36.4 Å². The minimum absolute atomic E-state index is 0.00299. The fourth-order valence-corrected chi connectivity index (χ4v) is 2.01. The highest BCUT2D eigenvalue weighted by atomic mass is 35.5. The lowest BCUT2D eigenvalue weighted by Gasteiger charge is -2.13. The van der Waals surface area contributed by atoms with Crippen molar-refractivity contribution in [1.29, 1.82) is 0 Å². The van der Waals surface area contributed by atoms with E-state index in [1.807, 2.05) is 0 Å². The van der Waals surface area contributed by atoms with Gasteiger partial charge in [-0.15, -0.1) is 0 Å². The Morgan fingerprint density at radius 2 is 1.86 bits per heavy atom. The summed E-state index contributed by atoms with van der Waals surface area (Å²) in [6, 6.07) is 8.04. The third-order valence-corrected chi connectivity index (χ3v) is 3.11. The molecule has 0 bridgehead atoms. The highest BCUT2D eigenvalue weighted by molar-refractivity contribution is 6.32. The predicted octanol–water partition coefficient (Wildman–Crippen LogP) is 4.69. The SMILES string of the molecule is COc1ccc(Nc2ccc(C(F)(F)F)cc2N)cc1Cl. The van der Waals surface area contributed by atoms with E-state index in [4.69, 9.17) is 22.1 Å². The van der Waals surface area contributed by atoms with E-state index in [0.29, 0.717) is 22.1 Å². The van der Waals surface area contributed by atoms with Crippen LogP contribution in [0.25, 0.3) is 0 Å². The molecule has 3 N–H and O–H groups in total. The number of alkyl halides is 3. The monoisotopic (exact) mass is 316 g/mol. The summed E-state index contributed by atoms with van der Waals surface area (Å²) in [6.07, 6.45) is -4.42. The highest BCUT2D eigenvalue weighted by Crippen LogP contribution is 2.34. The highest BCUT2D eigenvalue weighted by Gasteiger charge is 2.30. The maximum atomic E-state index is 12.6. The molecule has 0 unspecified atom stereocenters. The van der Waals surface area contributed by atoms with Crippen LogP contribution in [0, 0.1) is 0 Å². The van der Waals surface area contributed by atoms with Gasteiger partial charge in [-0.05, 0) is 36.4 Å². The molecule has 0 fully saturated rings. The largest absolute Gasteiger partial charge is 0.495 e. The predicted molar refractivity (Wildman–Crippen MR) is 77.1 cm³/mol. The van der Waals surface area contributed by atoms with Crippen LogP contribution in [-0.2, 0) is 6.18 Å². The fraction of sp³-hybridized carbons (Fsp3) is 0.143. The molecule has 0 aliphatic carbocycles. The summed E-state index contributed by atoms with van der Waals surface area (Å²) in [4.78, 5) is 0. The van der Waals surface area contributed by atoms with Crippen LogP contribution in [0.3, 0.4) is 0 Å². The minimum Gasteiger partial charge on any atom is -0.495 e. The molecule has 0 aromatic heterocycles. The summed E-state index contributed by atoms with van der Waals surface area (Å²) >= 11 is 5.98. The second-order valence-corrected chi connectivity index (χ2v) is 4.68. The maximum absolute atomic E-state index is 12.6. The van der Waals surface area contributed by atoms with Crippen LogP contribution in [0.4, 0.5) is 30.2 Å². The smallest absolute Gasteiger partial charge is 0.416 e. The Kier molecular flexibility index (Phi) is 4.18. The quantitative estimate of drug-likeness (QED) is 0.807. The van der Waals surface area contributed by atoms with Crippen molar-refractivity contribution >= 4 is 28.7 Å². The Morgan fingerprint density at radius 1 is 1.14 bits per heavy atom. The van der Waals surface area contributed by atoms with Crippen LogP contribution < -0.4 is 15.8 Å². The van der Waals surface area contributed by atoms with E-state index in [9.17, 15) is 13.2 Å². The first-order valence-corrected chi connectivity index (χ1v) is 6.26. The van der Waals surface area contributed by atoms with Crippen LogP contribution in [-0.4, -0.2) is 7.11 Å². The number of hydrogen-bond acceptors (Lipinski definition) is 3. The van der Waals surface area contributed by atoms with Gasteiger partial charge < -0.3 is 15.8 Å². The molecule has 2 rings (SSSR count). The second-order valence-electron chi connectivity index (χ2n) is 4.27. The van der Waals surface area contributed by atoms with Gasteiger partial charge in [-0.1, -0.05) is 11.6 Å². The van der Waals surface area contributed by atoms with Crippen LogP contribution in [0.5, 0.6) is 5.75 Å². The van der Waals surface area contributed by atoms with Gasteiger partial charge in [0.05, 0.1) is 29.1 Å². The van der Waals surface area contributed by atoms with Crippen molar-refractivity contribution in [3.8, 4) is 5.75 Å². The van der Waals surface area contributed by atoms with E-state index >= 15 is 0 Å². The average Bonchev–Trinajstić information content (AvgIpc) is 2.40.